The van der Waals surface area contributed by atoms with Gasteiger partial charge in [-0.05, 0) is 6.42 Å². The van der Waals surface area contributed by atoms with Gasteiger partial charge in [-0.1, -0.05) is 13.0 Å². The normalized spacial score (nSPS) is 21.0. The van der Waals surface area contributed by atoms with Crippen LogP contribution in [0.4, 0.5) is 4.79 Å². The van der Waals surface area contributed by atoms with E-state index in [1.165, 1.54) is 4.90 Å². The highest BCUT2D eigenvalue weighted by Crippen LogP contribution is 2.21. The number of carboxylic acid groups (broad SMARTS) is 1. The van der Waals surface area contributed by atoms with Gasteiger partial charge in [-0.3, -0.25) is 4.79 Å². The summed E-state index contributed by atoms with van der Waals surface area (Å²) in [5, 5.41) is 18.3. The van der Waals surface area contributed by atoms with E-state index < -0.39 is 17.9 Å². The van der Waals surface area contributed by atoms with Gasteiger partial charge in [0, 0.05) is 19.6 Å². The van der Waals surface area contributed by atoms with Gasteiger partial charge in [-0.15, -0.1) is 6.58 Å². The fourth-order valence-electron chi connectivity index (χ4n) is 2.45. The lowest BCUT2D eigenvalue weighted by Crippen LogP contribution is -2.52. The summed E-state index contributed by atoms with van der Waals surface area (Å²) < 4.78 is 5.25. The minimum Gasteiger partial charge on any atom is -0.481 e. The average molecular weight is 300 g/mol. The van der Waals surface area contributed by atoms with Crippen molar-refractivity contribution in [1.29, 1.82) is 0 Å². The molecule has 0 aromatic heterocycles. The molecule has 2 unspecified atom stereocenters. The second-order valence-corrected chi connectivity index (χ2v) is 4.98. The van der Waals surface area contributed by atoms with Crippen LogP contribution in [0.1, 0.15) is 13.3 Å². The van der Waals surface area contributed by atoms with E-state index in [0.717, 1.165) is 6.42 Å². The Morgan fingerprint density at radius 3 is 2.62 bits per heavy atom. The maximum Gasteiger partial charge on any atom is 0.320 e. The third-order valence-corrected chi connectivity index (χ3v) is 3.47. The van der Waals surface area contributed by atoms with Gasteiger partial charge in [0.2, 0.25) is 0 Å². The van der Waals surface area contributed by atoms with Crippen molar-refractivity contribution in [2.75, 3.05) is 39.5 Å². The van der Waals surface area contributed by atoms with Gasteiger partial charge >= 0.3 is 12.0 Å². The Hall–Kier alpha value is -1.60. The molecule has 1 fully saturated rings. The summed E-state index contributed by atoms with van der Waals surface area (Å²) in [4.78, 5) is 26.9. The van der Waals surface area contributed by atoms with Gasteiger partial charge in [-0.2, -0.15) is 0 Å². The van der Waals surface area contributed by atoms with Crippen molar-refractivity contribution in [3.8, 4) is 0 Å². The lowest BCUT2D eigenvalue weighted by molar-refractivity contribution is -0.142. The maximum absolute atomic E-state index is 12.6. The van der Waals surface area contributed by atoms with E-state index in [4.69, 9.17) is 9.84 Å². The largest absolute Gasteiger partial charge is 0.481 e. The fraction of sp³-hybridized carbons (Fsp3) is 0.714. The van der Waals surface area contributed by atoms with Crippen LogP contribution in [0.2, 0.25) is 0 Å². The van der Waals surface area contributed by atoms with Crippen LogP contribution in [0.3, 0.4) is 0 Å². The van der Waals surface area contributed by atoms with Crippen LogP contribution in [-0.2, 0) is 9.53 Å². The predicted molar refractivity (Wildman–Crippen MR) is 77.0 cm³/mol. The molecule has 1 rings (SSSR count). The molecule has 0 aromatic rings. The molecular formula is C14H24N2O5. The van der Waals surface area contributed by atoms with Gasteiger partial charge in [0.1, 0.15) is 5.92 Å². The van der Waals surface area contributed by atoms with E-state index in [2.05, 4.69) is 6.58 Å². The van der Waals surface area contributed by atoms with E-state index in [1.807, 2.05) is 6.92 Å². The Morgan fingerprint density at radius 1 is 1.38 bits per heavy atom. The highest BCUT2D eigenvalue weighted by molar-refractivity contribution is 5.77. The van der Waals surface area contributed by atoms with E-state index >= 15 is 0 Å². The second-order valence-electron chi connectivity index (χ2n) is 4.98. The SMILES string of the molecule is C=CCN(CCO)C(=O)N(CCC)C1COCC1C(=O)O. The number of nitrogens with zero attached hydrogens (tertiary/aromatic N) is 2. The summed E-state index contributed by atoms with van der Waals surface area (Å²) in [5.41, 5.74) is 0. The predicted octanol–water partition coefficient (Wildman–Crippen LogP) is 0.398. The number of carbonyl (C=O) groups excluding carboxylic acids is 1. The molecular weight excluding hydrogens is 276 g/mol. The molecule has 0 radical (unpaired) electrons. The molecule has 1 saturated heterocycles. The van der Waals surface area contributed by atoms with Gasteiger partial charge in [0.15, 0.2) is 0 Å². The third kappa shape index (κ3) is 4.44. The molecule has 2 atom stereocenters. The van der Waals surface area contributed by atoms with Crippen molar-refractivity contribution >= 4 is 12.0 Å². The lowest BCUT2D eigenvalue weighted by atomic mass is 10.0. The molecule has 0 aromatic carbocycles. The maximum atomic E-state index is 12.6. The van der Waals surface area contributed by atoms with E-state index in [0.29, 0.717) is 13.1 Å². The number of amides is 2. The third-order valence-electron chi connectivity index (χ3n) is 3.47. The topological polar surface area (TPSA) is 90.3 Å². The molecule has 0 bridgehead atoms. The monoisotopic (exact) mass is 300 g/mol. The summed E-state index contributed by atoms with van der Waals surface area (Å²) in [7, 11) is 0. The van der Waals surface area contributed by atoms with Crippen LogP contribution < -0.4 is 0 Å². The van der Waals surface area contributed by atoms with Gasteiger partial charge in [0.25, 0.3) is 0 Å². The van der Waals surface area contributed by atoms with E-state index in [9.17, 15) is 14.7 Å². The number of aliphatic carboxylic acids is 1. The summed E-state index contributed by atoms with van der Waals surface area (Å²) in [6.07, 6.45) is 2.30. The van der Waals surface area contributed by atoms with Crippen molar-refractivity contribution in [2.24, 2.45) is 5.92 Å². The Labute approximate surface area is 124 Å². The molecule has 7 nitrogen and oxygen atoms in total. The van der Waals surface area contributed by atoms with Crippen LogP contribution in [0.25, 0.3) is 0 Å². The summed E-state index contributed by atoms with van der Waals surface area (Å²) in [6.45, 7) is 6.68. The smallest absolute Gasteiger partial charge is 0.320 e. The highest BCUT2D eigenvalue weighted by Gasteiger charge is 2.40. The molecule has 120 valence electrons. The second kappa shape index (κ2) is 8.63. The number of aliphatic hydroxyl groups excluding tert-OH is 1. The van der Waals surface area contributed by atoms with Gasteiger partial charge in [-0.25, -0.2) is 4.79 Å². The highest BCUT2D eigenvalue weighted by atomic mass is 16.5. The van der Waals surface area contributed by atoms with Crippen molar-refractivity contribution in [3.63, 3.8) is 0 Å². The first-order valence-corrected chi connectivity index (χ1v) is 7.14. The van der Waals surface area contributed by atoms with Crippen molar-refractivity contribution in [3.05, 3.63) is 12.7 Å². The molecule has 21 heavy (non-hydrogen) atoms. The number of carbonyl (C=O) groups is 2. The van der Waals surface area contributed by atoms with Crippen LogP contribution >= 0.6 is 0 Å². The number of aliphatic hydroxyl groups is 1. The minimum atomic E-state index is -0.955. The molecule has 1 aliphatic heterocycles. The summed E-state index contributed by atoms with van der Waals surface area (Å²) in [6, 6.07) is -0.756. The number of urea groups is 1. The van der Waals surface area contributed by atoms with Crippen LogP contribution in [0.15, 0.2) is 12.7 Å². The molecule has 0 spiro atoms. The summed E-state index contributed by atoms with van der Waals surface area (Å²) >= 11 is 0. The van der Waals surface area contributed by atoms with Crippen molar-refractivity contribution in [2.45, 2.75) is 19.4 Å². The zero-order valence-corrected chi connectivity index (χ0v) is 12.4. The number of rotatable bonds is 8. The van der Waals surface area contributed by atoms with Crippen molar-refractivity contribution in [1.82, 2.24) is 9.80 Å². The number of carboxylic acids is 1. The van der Waals surface area contributed by atoms with Gasteiger partial charge < -0.3 is 24.7 Å². The quantitative estimate of drug-likeness (QED) is 0.633. The van der Waals surface area contributed by atoms with E-state index in [-0.39, 0.29) is 32.4 Å². The standard InChI is InChI=1S/C14H24N2O5/c1-3-5-15(7-8-17)14(20)16(6-4-2)12-10-21-9-11(12)13(18)19/h3,11-12,17H,1,4-10H2,2H3,(H,18,19). The minimum absolute atomic E-state index is 0.120. The van der Waals surface area contributed by atoms with Crippen LogP contribution in [0, 0.1) is 5.92 Å². The average Bonchev–Trinajstić information content (AvgIpc) is 2.93. The number of hydrogen-bond donors (Lipinski definition) is 2. The zero-order valence-electron chi connectivity index (χ0n) is 12.4. The van der Waals surface area contributed by atoms with Crippen molar-refractivity contribution < 1.29 is 24.5 Å². The van der Waals surface area contributed by atoms with E-state index in [1.54, 1.807) is 11.0 Å². The molecule has 2 amide bonds. The zero-order chi connectivity index (χ0) is 15.8. The molecule has 7 heteroatoms. The molecule has 0 saturated carbocycles. The molecule has 1 aliphatic rings. The number of hydrogen-bond acceptors (Lipinski definition) is 4. The van der Waals surface area contributed by atoms with Gasteiger partial charge in [0.05, 0.1) is 25.9 Å². The first-order valence-electron chi connectivity index (χ1n) is 7.14. The molecule has 0 aliphatic carbocycles. The first-order chi connectivity index (χ1) is 10.1. The Balaban J connectivity index is 2.90. The van der Waals surface area contributed by atoms with Crippen LogP contribution in [0.5, 0.6) is 0 Å². The first kappa shape index (κ1) is 17.5. The lowest BCUT2D eigenvalue weighted by Gasteiger charge is -2.34. The number of ether oxygens (including phenoxy) is 1. The molecule has 2 N–H and O–H groups in total. The Bertz CT molecular complexity index is 374. The summed E-state index contributed by atoms with van der Waals surface area (Å²) in [5.74, 6) is -1.66. The molecule has 1 heterocycles. The Kier molecular flexibility index (Phi) is 7.18. The Morgan fingerprint density at radius 2 is 2.10 bits per heavy atom. The fourth-order valence-corrected chi connectivity index (χ4v) is 2.45. The van der Waals surface area contributed by atoms with Crippen LogP contribution in [-0.4, -0.2) is 77.5 Å².